The van der Waals surface area contributed by atoms with Crippen molar-refractivity contribution >= 4 is 0 Å². The van der Waals surface area contributed by atoms with Gasteiger partial charge in [0.15, 0.2) is 0 Å². The average Bonchev–Trinajstić information content (AvgIpc) is 2.86. The van der Waals surface area contributed by atoms with Crippen LogP contribution in [0.15, 0.2) is 84.9 Å². The summed E-state index contributed by atoms with van der Waals surface area (Å²) in [5.74, 6) is 0. The lowest BCUT2D eigenvalue weighted by atomic mass is 9.72. The predicted molar refractivity (Wildman–Crippen MR) is 178 cm³/mol. The van der Waals surface area contributed by atoms with Crippen molar-refractivity contribution in [3.63, 3.8) is 0 Å². The van der Waals surface area contributed by atoms with Gasteiger partial charge in [-0.15, -0.1) is 0 Å². The second-order valence-corrected chi connectivity index (χ2v) is 15.6. The van der Waals surface area contributed by atoms with Crippen molar-refractivity contribution in [2.45, 2.75) is 105 Å². The van der Waals surface area contributed by atoms with E-state index in [0.29, 0.717) is 0 Å². The van der Waals surface area contributed by atoms with Crippen LogP contribution in [0.2, 0.25) is 0 Å². The monoisotopic (exact) mass is 530 g/mol. The molecule has 0 saturated heterocycles. The highest BCUT2D eigenvalue weighted by molar-refractivity contribution is 5.77. The molecule has 0 bridgehead atoms. The zero-order valence-corrected chi connectivity index (χ0v) is 27.1. The summed E-state index contributed by atoms with van der Waals surface area (Å²) in [6.45, 7) is 27.9. The maximum atomic E-state index is 2.33. The Bertz CT molecular complexity index is 1350. The van der Waals surface area contributed by atoms with E-state index in [9.17, 15) is 0 Å². The lowest BCUT2D eigenvalue weighted by Gasteiger charge is -2.32. The van der Waals surface area contributed by atoms with Gasteiger partial charge in [-0.25, -0.2) is 0 Å². The standard InChI is InChI=1S/C40H50/c1-37(2,3)33-17-13-15-31(35(33)39(7,8)9)29-23-19-27(20-24-29)28-21-25-30(26-22-28)32-16-14-18-34(38(4,5)6)36(32)40(10,11)12/h13-26H,1-12H3. The smallest absolute Gasteiger partial charge is 0.0123 e. The van der Waals surface area contributed by atoms with Gasteiger partial charge in [-0.3, -0.25) is 0 Å². The van der Waals surface area contributed by atoms with Crippen LogP contribution in [0.25, 0.3) is 33.4 Å². The summed E-state index contributed by atoms with van der Waals surface area (Å²) in [6, 6.07) is 31.9. The third-order valence-corrected chi connectivity index (χ3v) is 7.97. The fraction of sp³-hybridized carbons (Fsp3) is 0.400. The van der Waals surface area contributed by atoms with Crippen LogP contribution >= 0.6 is 0 Å². The molecule has 0 heteroatoms. The first kappa shape index (κ1) is 29.9. The molecule has 0 N–H and O–H groups in total. The molecule has 0 radical (unpaired) electrons. The lowest BCUT2D eigenvalue weighted by molar-refractivity contribution is 0.531. The quantitative estimate of drug-likeness (QED) is 0.247. The largest absolute Gasteiger partial charge is 0.0613 e. The molecular weight excluding hydrogens is 480 g/mol. The fourth-order valence-electron chi connectivity index (χ4n) is 6.14. The summed E-state index contributed by atoms with van der Waals surface area (Å²) in [6.07, 6.45) is 0. The van der Waals surface area contributed by atoms with Crippen LogP contribution in [0.5, 0.6) is 0 Å². The molecule has 0 aliphatic rings. The SMILES string of the molecule is CC(C)(C)c1cccc(-c2ccc(-c3ccc(-c4cccc(C(C)(C)C)c4C(C)(C)C)cc3)cc2)c1C(C)(C)C. The molecule has 0 unspecified atom stereocenters. The van der Waals surface area contributed by atoms with E-state index in [1.807, 2.05) is 0 Å². The second-order valence-electron chi connectivity index (χ2n) is 15.6. The molecule has 0 atom stereocenters. The molecule has 0 fully saturated rings. The highest BCUT2D eigenvalue weighted by atomic mass is 14.3. The molecule has 0 saturated carbocycles. The summed E-state index contributed by atoms with van der Waals surface area (Å²) in [7, 11) is 0. The molecule has 0 heterocycles. The minimum atomic E-state index is 0.0594. The summed E-state index contributed by atoms with van der Waals surface area (Å²) >= 11 is 0. The van der Waals surface area contributed by atoms with E-state index in [4.69, 9.17) is 0 Å². The van der Waals surface area contributed by atoms with Gasteiger partial charge >= 0.3 is 0 Å². The molecule has 4 aromatic carbocycles. The minimum absolute atomic E-state index is 0.0594. The van der Waals surface area contributed by atoms with Crippen molar-refractivity contribution < 1.29 is 0 Å². The van der Waals surface area contributed by atoms with Gasteiger partial charge in [0.25, 0.3) is 0 Å². The number of hydrogen-bond donors (Lipinski definition) is 0. The third-order valence-electron chi connectivity index (χ3n) is 7.97. The fourth-order valence-corrected chi connectivity index (χ4v) is 6.14. The van der Waals surface area contributed by atoms with Gasteiger partial charge in [0.2, 0.25) is 0 Å². The Labute approximate surface area is 244 Å². The average molecular weight is 531 g/mol. The number of benzene rings is 4. The maximum absolute atomic E-state index is 2.33. The van der Waals surface area contributed by atoms with Crippen molar-refractivity contribution in [3.05, 3.63) is 107 Å². The van der Waals surface area contributed by atoms with E-state index in [2.05, 4.69) is 168 Å². The van der Waals surface area contributed by atoms with Gasteiger partial charge in [0.05, 0.1) is 0 Å². The Morgan fingerprint density at radius 2 is 0.575 bits per heavy atom. The second kappa shape index (κ2) is 10.4. The van der Waals surface area contributed by atoms with E-state index < -0.39 is 0 Å². The lowest BCUT2D eigenvalue weighted by Crippen LogP contribution is -2.23. The maximum Gasteiger partial charge on any atom is -0.0123 e. The molecule has 0 amide bonds. The topological polar surface area (TPSA) is 0 Å². The first-order chi connectivity index (χ1) is 18.4. The molecule has 4 rings (SSSR count). The van der Waals surface area contributed by atoms with Crippen LogP contribution in [0, 0.1) is 0 Å². The van der Waals surface area contributed by atoms with Crippen molar-refractivity contribution in [1.29, 1.82) is 0 Å². The first-order valence-corrected chi connectivity index (χ1v) is 14.9. The highest BCUT2D eigenvalue weighted by Gasteiger charge is 2.29. The van der Waals surface area contributed by atoms with Crippen LogP contribution < -0.4 is 0 Å². The highest BCUT2D eigenvalue weighted by Crippen LogP contribution is 2.42. The molecule has 0 spiro atoms. The van der Waals surface area contributed by atoms with E-state index in [0.717, 1.165) is 0 Å². The van der Waals surface area contributed by atoms with E-state index in [1.54, 1.807) is 0 Å². The van der Waals surface area contributed by atoms with Crippen LogP contribution in [0.4, 0.5) is 0 Å². The van der Waals surface area contributed by atoms with Crippen LogP contribution in [0.3, 0.4) is 0 Å². The first-order valence-electron chi connectivity index (χ1n) is 14.9. The van der Waals surface area contributed by atoms with E-state index in [1.165, 1.54) is 55.6 Å². The van der Waals surface area contributed by atoms with Gasteiger partial charge in [-0.05, 0) is 77.3 Å². The van der Waals surface area contributed by atoms with Crippen LogP contribution in [-0.4, -0.2) is 0 Å². The molecule has 4 aromatic rings. The van der Waals surface area contributed by atoms with E-state index in [-0.39, 0.29) is 21.7 Å². The molecule has 0 aromatic heterocycles. The number of rotatable bonds is 3. The molecule has 210 valence electrons. The zero-order valence-electron chi connectivity index (χ0n) is 27.1. The van der Waals surface area contributed by atoms with Crippen molar-refractivity contribution in [3.8, 4) is 33.4 Å². The van der Waals surface area contributed by atoms with Gasteiger partial charge in [-0.2, -0.15) is 0 Å². The van der Waals surface area contributed by atoms with Gasteiger partial charge in [0.1, 0.15) is 0 Å². The molecule has 0 nitrogen and oxygen atoms in total. The summed E-state index contributed by atoms with van der Waals surface area (Å²) < 4.78 is 0. The Morgan fingerprint density at radius 1 is 0.300 bits per heavy atom. The summed E-state index contributed by atoms with van der Waals surface area (Å²) in [5, 5.41) is 0. The third kappa shape index (κ3) is 6.12. The Hall–Kier alpha value is -3.12. The Balaban J connectivity index is 1.72. The minimum Gasteiger partial charge on any atom is -0.0613 e. The van der Waals surface area contributed by atoms with Gasteiger partial charge < -0.3 is 0 Å². The van der Waals surface area contributed by atoms with Crippen molar-refractivity contribution in [1.82, 2.24) is 0 Å². The van der Waals surface area contributed by atoms with Crippen molar-refractivity contribution in [2.75, 3.05) is 0 Å². The molecule has 0 aliphatic carbocycles. The van der Waals surface area contributed by atoms with Crippen molar-refractivity contribution in [2.24, 2.45) is 0 Å². The predicted octanol–water partition coefficient (Wildman–Crippen LogP) is 11.9. The van der Waals surface area contributed by atoms with E-state index >= 15 is 0 Å². The van der Waals surface area contributed by atoms with Gasteiger partial charge in [-0.1, -0.05) is 168 Å². The molecule has 40 heavy (non-hydrogen) atoms. The van der Waals surface area contributed by atoms with Crippen LogP contribution in [-0.2, 0) is 21.7 Å². The van der Waals surface area contributed by atoms with Gasteiger partial charge in [0, 0.05) is 0 Å². The normalized spacial score (nSPS) is 13.0. The molecular formula is C40H50. The zero-order chi connectivity index (χ0) is 29.7. The summed E-state index contributed by atoms with van der Waals surface area (Å²) in [4.78, 5) is 0. The molecule has 0 aliphatic heterocycles. The van der Waals surface area contributed by atoms with Crippen LogP contribution in [0.1, 0.15) is 105 Å². The Kier molecular flexibility index (Phi) is 7.74. The Morgan fingerprint density at radius 3 is 0.825 bits per heavy atom. The number of hydrogen-bond acceptors (Lipinski definition) is 0. The summed E-state index contributed by atoms with van der Waals surface area (Å²) in [5.41, 5.74) is 13.8.